The van der Waals surface area contributed by atoms with Crippen LogP contribution in [0.15, 0.2) is 82.8 Å². The molecule has 2 aliphatic heterocycles. The van der Waals surface area contributed by atoms with Crippen LogP contribution in [-0.4, -0.2) is 25.0 Å². The summed E-state index contributed by atoms with van der Waals surface area (Å²) in [6.07, 6.45) is 1.42. The van der Waals surface area contributed by atoms with Gasteiger partial charge in [0.05, 0.1) is 0 Å². The van der Waals surface area contributed by atoms with Crippen molar-refractivity contribution in [1.29, 1.82) is 0 Å². The first-order chi connectivity index (χ1) is 15.7. The van der Waals surface area contributed by atoms with E-state index in [9.17, 15) is 0 Å². The van der Waals surface area contributed by atoms with Gasteiger partial charge in [0.25, 0.3) is 0 Å². The minimum atomic E-state index is 0.0904. The lowest BCUT2D eigenvalue weighted by Crippen LogP contribution is -2.09. The number of benzene rings is 3. The summed E-state index contributed by atoms with van der Waals surface area (Å²) in [4.78, 5) is 9.68. The molecule has 0 radical (unpaired) electrons. The third-order valence-electron chi connectivity index (χ3n) is 6.26. The molecule has 2 aliphatic rings. The van der Waals surface area contributed by atoms with Crippen LogP contribution in [0.1, 0.15) is 45.5 Å². The Bertz CT molecular complexity index is 1060. The van der Waals surface area contributed by atoms with Crippen LogP contribution >= 0.6 is 0 Å². The van der Waals surface area contributed by atoms with Crippen LogP contribution in [0.5, 0.6) is 0 Å². The molecule has 32 heavy (non-hydrogen) atoms. The van der Waals surface area contributed by atoms with Gasteiger partial charge in [-0.25, -0.2) is 9.98 Å². The summed E-state index contributed by atoms with van der Waals surface area (Å²) in [7, 11) is 0. The summed E-state index contributed by atoms with van der Waals surface area (Å²) in [6.45, 7) is 5.54. The molecule has 0 amide bonds. The quantitative estimate of drug-likeness (QED) is 0.507. The summed E-state index contributed by atoms with van der Waals surface area (Å²) in [6, 6.07) is 25.4. The molecule has 2 atom stereocenters. The average Bonchev–Trinajstić information content (AvgIpc) is 3.48. The van der Waals surface area contributed by atoms with Gasteiger partial charge in [-0.15, -0.1) is 0 Å². The molecule has 4 heteroatoms. The molecule has 0 N–H and O–H groups in total. The number of hydrogen-bond donors (Lipinski definition) is 0. The Balaban J connectivity index is 1.32. The van der Waals surface area contributed by atoms with Crippen LogP contribution < -0.4 is 0 Å². The van der Waals surface area contributed by atoms with E-state index in [0.717, 1.165) is 11.8 Å². The van der Waals surface area contributed by atoms with Gasteiger partial charge in [-0.2, -0.15) is 0 Å². The molecule has 0 saturated carbocycles. The largest absolute Gasteiger partial charge is 0.478 e. The lowest BCUT2D eigenvalue weighted by molar-refractivity contribution is 0.313. The molecule has 2 heterocycles. The Hall–Kier alpha value is -3.40. The summed E-state index contributed by atoms with van der Waals surface area (Å²) >= 11 is 0. The standard InChI is InChI=1S/C28H28N2O2/c1-19-13-20(2)24(16-28-30-26(18-32-28)22-11-7-4-8-12-22)14-23(19)15-27-29-25(17-31-27)21-9-5-3-6-10-21/h3-14,25-26H,15-18H2,1-2H3/t25-,26-/m1/s1. The molecular formula is C28H28N2O2. The minimum Gasteiger partial charge on any atom is -0.478 e. The lowest BCUT2D eigenvalue weighted by Gasteiger charge is -2.12. The molecule has 0 bridgehead atoms. The van der Waals surface area contributed by atoms with Crippen LogP contribution in [0.2, 0.25) is 0 Å². The second kappa shape index (κ2) is 8.99. The second-order valence-corrected chi connectivity index (χ2v) is 8.58. The third kappa shape index (κ3) is 4.45. The Morgan fingerprint density at radius 2 is 1.09 bits per heavy atom. The van der Waals surface area contributed by atoms with Gasteiger partial charge in [-0.3, -0.25) is 0 Å². The van der Waals surface area contributed by atoms with Crippen molar-refractivity contribution in [2.24, 2.45) is 9.98 Å². The molecule has 5 rings (SSSR count). The van der Waals surface area contributed by atoms with Gasteiger partial charge in [0.15, 0.2) is 11.8 Å². The molecule has 162 valence electrons. The van der Waals surface area contributed by atoms with Crippen LogP contribution in [0.25, 0.3) is 0 Å². The van der Waals surface area contributed by atoms with Gasteiger partial charge < -0.3 is 9.47 Å². The molecule has 3 aromatic carbocycles. The first-order valence-electron chi connectivity index (χ1n) is 11.2. The maximum Gasteiger partial charge on any atom is 0.188 e. The van der Waals surface area contributed by atoms with E-state index in [0.29, 0.717) is 26.1 Å². The van der Waals surface area contributed by atoms with Crippen LogP contribution in [0.4, 0.5) is 0 Å². The zero-order valence-corrected chi connectivity index (χ0v) is 18.6. The molecule has 0 saturated heterocycles. The first kappa shape index (κ1) is 20.5. The van der Waals surface area contributed by atoms with Crippen molar-refractivity contribution < 1.29 is 9.47 Å². The van der Waals surface area contributed by atoms with E-state index in [4.69, 9.17) is 19.5 Å². The highest BCUT2D eigenvalue weighted by molar-refractivity contribution is 5.82. The number of hydrogen-bond acceptors (Lipinski definition) is 4. The summed E-state index contributed by atoms with van der Waals surface area (Å²) in [5, 5.41) is 0. The van der Waals surface area contributed by atoms with E-state index in [-0.39, 0.29) is 12.1 Å². The van der Waals surface area contributed by atoms with Crippen molar-refractivity contribution >= 4 is 11.8 Å². The van der Waals surface area contributed by atoms with Gasteiger partial charge in [0, 0.05) is 12.8 Å². The highest BCUT2D eigenvalue weighted by Crippen LogP contribution is 2.27. The predicted molar refractivity (Wildman–Crippen MR) is 128 cm³/mol. The molecule has 0 aliphatic carbocycles. The smallest absolute Gasteiger partial charge is 0.188 e. The number of aryl methyl sites for hydroxylation is 2. The summed E-state index contributed by atoms with van der Waals surface area (Å²) in [5.41, 5.74) is 7.42. The molecule has 0 fully saturated rings. The van der Waals surface area contributed by atoms with Crippen LogP contribution in [0.3, 0.4) is 0 Å². The Morgan fingerprint density at radius 1 is 0.656 bits per heavy atom. The topological polar surface area (TPSA) is 43.2 Å². The monoisotopic (exact) mass is 424 g/mol. The van der Waals surface area contributed by atoms with Gasteiger partial charge >= 0.3 is 0 Å². The lowest BCUT2D eigenvalue weighted by atomic mass is 9.96. The number of rotatable bonds is 6. The zero-order valence-electron chi connectivity index (χ0n) is 18.6. The van der Waals surface area contributed by atoms with Crippen LogP contribution in [0, 0.1) is 13.8 Å². The normalized spacial score (nSPS) is 19.8. The minimum absolute atomic E-state index is 0.0904. The first-order valence-corrected chi connectivity index (χ1v) is 11.2. The highest BCUT2D eigenvalue weighted by atomic mass is 16.5. The predicted octanol–water partition coefficient (Wildman–Crippen LogP) is 5.73. The number of nitrogens with zero attached hydrogens (tertiary/aromatic N) is 2. The molecular weight excluding hydrogens is 396 g/mol. The van der Waals surface area contributed by atoms with E-state index >= 15 is 0 Å². The van der Waals surface area contributed by atoms with Crippen LogP contribution in [-0.2, 0) is 22.3 Å². The van der Waals surface area contributed by atoms with Crippen molar-refractivity contribution in [2.75, 3.05) is 13.2 Å². The molecule has 4 nitrogen and oxygen atoms in total. The van der Waals surface area contributed by atoms with E-state index in [1.54, 1.807) is 0 Å². The van der Waals surface area contributed by atoms with Crippen molar-refractivity contribution in [3.05, 3.63) is 106 Å². The highest BCUT2D eigenvalue weighted by Gasteiger charge is 2.23. The van der Waals surface area contributed by atoms with E-state index < -0.39 is 0 Å². The molecule has 3 aromatic rings. The van der Waals surface area contributed by atoms with Gasteiger partial charge in [0.2, 0.25) is 0 Å². The average molecular weight is 425 g/mol. The Morgan fingerprint density at radius 3 is 1.53 bits per heavy atom. The third-order valence-corrected chi connectivity index (χ3v) is 6.26. The van der Waals surface area contributed by atoms with E-state index in [1.807, 2.05) is 12.1 Å². The Labute approximate surface area is 189 Å². The number of ether oxygens (including phenoxy) is 2. The van der Waals surface area contributed by atoms with Gasteiger partial charge in [0.1, 0.15) is 25.3 Å². The van der Waals surface area contributed by atoms with E-state index in [2.05, 4.69) is 74.5 Å². The fourth-order valence-electron chi connectivity index (χ4n) is 4.39. The summed E-state index contributed by atoms with van der Waals surface area (Å²) in [5.74, 6) is 1.63. The molecule has 0 aromatic heterocycles. The maximum absolute atomic E-state index is 5.95. The van der Waals surface area contributed by atoms with E-state index in [1.165, 1.54) is 33.4 Å². The summed E-state index contributed by atoms with van der Waals surface area (Å²) < 4.78 is 11.9. The molecule has 0 unspecified atom stereocenters. The van der Waals surface area contributed by atoms with Crippen molar-refractivity contribution in [2.45, 2.75) is 38.8 Å². The fourth-order valence-corrected chi connectivity index (χ4v) is 4.39. The van der Waals surface area contributed by atoms with Gasteiger partial charge in [-0.05, 0) is 47.2 Å². The maximum atomic E-state index is 5.95. The zero-order chi connectivity index (χ0) is 21.9. The van der Waals surface area contributed by atoms with Crippen molar-refractivity contribution in [3.63, 3.8) is 0 Å². The van der Waals surface area contributed by atoms with Crippen molar-refractivity contribution in [1.82, 2.24) is 0 Å². The SMILES string of the molecule is Cc1cc(C)c(CC2=N[C@@H](c3ccccc3)CO2)cc1CC1=N[C@@H](c2ccccc2)CO1. The van der Waals surface area contributed by atoms with Crippen molar-refractivity contribution in [3.8, 4) is 0 Å². The second-order valence-electron chi connectivity index (χ2n) is 8.58. The van der Waals surface area contributed by atoms with Gasteiger partial charge in [-0.1, -0.05) is 72.8 Å². The number of aliphatic imine (C=N–C) groups is 2. The Kier molecular flexibility index (Phi) is 5.76. The fraction of sp³-hybridized carbons (Fsp3) is 0.286. The molecule has 0 spiro atoms.